The second kappa shape index (κ2) is 9.40. The van der Waals surface area contributed by atoms with Crippen molar-refractivity contribution in [1.82, 2.24) is 20.5 Å². The molecule has 3 heterocycles. The number of carbonyl (C=O) groups excluding carboxylic acids is 3. The van der Waals surface area contributed by atoms with Crippen LogP contribution < -0.4 is 15.4 Å². The molecular formula is C28H35N5O4. The molecule has 2 aliphatic heterocycles. The number of H-pyrrole nitrogens is 1. The first-order valence-electron chi connectivity index (χ1n) is 13.1. The van der Waals surface area contributed by atoms with Gasteiger partial charge >= 0.3 is 0 Å². The standard InChI is InChI=1S/C28H35N5O4/c1-27(2)11-8-17(24(34)32-27)12-18(15-29)30-25(35)22-14-28(9-5-10-28)16-33(22)26(36)21-13-19-20(31-21)6-4-7-23(19)37-3/h4,6-7,13,17-18,22,31H,5,8-12,14,16H2,1-3H3,(H,30,35)(H,32,34)/t17-,18-,22-/m0/s1. The summed E-state index contributed by atoms with van der Waals surface area (Å²) in [6.45, 7) is 4.49. The molecule has 3 N–H and O–H groups in total. The Labute approximate surface area is 216 Å². The maximum Gasteiger partial charge on any atom is 0.271 e. The third kappa shape index (κ3) is 4.77. The molecule has 9 nitrogen and oxygen atoms in total. The van der Waals surface area contributed by atoms with Crippen LogP contribution in [0.25, 0.3) is 10.9 Å². The van der Waals surface area contributed by atoms with Crippen LogP contribution in [0.4, 0.5) is 0 Å². The van der Waals surface area contributed by atoms with E-state index < -0.39 is 12.1 Å². The molecule has 1 aromatic heterocycles. The van der Waals surface area contributed by atoms with Gasteiger partial charge in [-0.25, -0.2) is 0 Å². The Morgan fingerprint density at radius 2 is 2.08 bits per heavy atom. The first kappa shape index (κ1) is 25.1. The molecule has 1 spiro atoms. The quantitative estimate of drug-likeness (QED) is 0.555. The van der Waals surface area contributed by atoms with E-state index >= 15 is 0 Å². The number of piperidine rings is 1. The van der Waals surface area contributed by atoms with Gasteiger partial charge in [-0.2, -0.15) is 5.26 Å². The second-order valence-corrected chi connectivity index (χ2v) is 11.6. The Morgan fingerprint density at radius 3 is 2.73 bits per heavy atom. The van der Waals surface area contributed by atoms with Crippen molar-refractivity contribution in [2.75, 3.05) is 13.7 Å². The molecular weight excluding hydrogens is 470 g/mol. The second-order valence-electron chi connectivity index (χ2n) is 11.6. The van der Waals surface area contributed by atoms with Crippen LogP contribution in [0, 0.1) is 22.7 Å². The summed E-state index contributed by atoms with van der Waals surface area (Å²) in [4.78, 5) is 44.6. The van der Waals surface area contributed by atoms with E-state index in [1.54, 1.807) is 18.1 Å². The van der Waals surface area contributed by atoms with Crippen LogP contribution in [0.5, 0.6) is 5.75 Å². The van der Waals surface area contributed by atoms with Crippen LogP contribution in [-0.2, 0) is 9.59 Å². The molecule has 0 radical (unpaired) electrons. The molecule has 3 fully saturated rings. The maximum absolute atomic E-state index is 13.7. The lowest BCUT2D eigenvalue weighted by atomic mass is 9.67. The van der Waals surface area contributed by atoms with Gasteiger partial charge in [-0.05, 0) is 76.0 Å². The minimum absolute atomic E-state index is 0.0433. The molecule has 0 unspecified atom stereocenters. The number of ether oxygens (including phenoxy) is 1. The topological polar surface area (TPSA) is 127 Å². The number of nitrogens with one attached hydrogen (secondary N) is 3. The lowest BCUT2D eigenvalue weighted by Crippen LogP contribution is -2.53. The van der Waals surface area contributed by atoms with Crippen LogP contribution in [0.3, 0.4) is 0 Å². The summed E-state index contributed by atoms with van der Waals surface area (Å²) in [5.41, 5.74) is 0.901. The van der Waals surface area contributed by atoms with Crippen LogP contribution in [0.2, 0.25) is 0 Å². The number of fused-ring (bicyclic) bond motifs is 1. The van der Waals surface area contributed by atoms with Gasteiger partial charge in [-0.15, -0.1) is 0 Å². The molecule has 1 aliphatic carbocycles. The number of carbonyl (C=O) groups is 3. The Kier molecular flexibility index (Phi) is 6.38. The van der Waals surface area contributed by atoms with Crippen LogP contribution >= 0.6 is 0 Å². The number of benzene rings is 1. The van der Waals surface area contributed by atoms with Crippen molar-refractivity contribution < 1.29 is 19.1 Å². The van der Waals surface area contributed by atoms with E-state index in [-0.39, 0.29) is 41.0 Å². The van der Waals surface area contributed by atoms with E-state index in [1.165, 1.54) is 0 Å². The number of nitriles is 1. The number of hydrogen-bond donors (Lipinski definition) is 3. The summed E-state index contributed by atoms with van der Waals surface area (Å²) in [7, 11) is 1.59. The largest absolute Gasteiger partial charge is 0.496 e. The molecule has 37 heavy (non-hydrogen) atoms. The Hall–Kier alpha value is -3.54. The number of aromatic nitrogens is 1. The molecule has 3 amide bonds. The van der Waals surface area contributed by atoms with Gasteiger partial charge in [0, 0.05) is 28.9 Å². The number of amides is 3. The zero-order chi connectivity index (χ0) is 26.4. The van der Waals surface area contributed by atoms with Gasteiger partial charge in [0.1, 0.15) is 23.5 Å². The molecule has 2 saturated heterocycles. The number of likely N-dealkylation sites (tertiary alicyclic amines) is 1. The predicted octanol–water partition coefficient (Wildman–Crippen LogP) is 3.26. The van der Waals surface area contributed by atoms with Gasteiger partial charge in [-0.3, -0.25) is 14.4 Å². The number of rotatable bonds is 6. The molecule has 2 aromatic rings. The van der Waals surface area contributed by atoms with Crippen molar-refractivity contribution in [3.8, 4) is 11.8 Å². The Bertz CT molecular complexity index is 1270. The van der Waals surface area contributed by atoms with Crippen molar-refractivity contribution in [2.45, 2.75) is 76.4 Å². The van der Waals surface area contributed by atoms with E-state index in [0.29, 0.717) is 30.8 Å². The van der Waals surface area contributed by atoms with Crippen molar-refractivity contribution in [3.63, 3.8) is 0 Å². The molecule has 3 aliphatic rings. The highest BCUT2D eigenvalue weighted by Crippen LogP contribution is 2.50. The van der Waals surface area contributed by atoms with E-state index in [4.69, 9.17) is 4.74 Å². The Morgan fingerprint density at radius 1 is 1.30 bits per heavy atom. The fraction of sp³-hybridized carbons (Fsp3) is 0.571. The maximum atomic E-state index is 13.7. The van der Waals surface area contributed by atoms with Gasteiger partial charge in [0.05, 0.1) is 13.2 Å². The van der Waals surface area contributed by atoms with Crippen molar-refractivity contribution in [2.24, 2.45) is 11.3 Å². The van der Waals surface area contributed by atoms with Crippen LogP contribution in [0.1, 0.15) is 69.3 Å². The highest BCUT2D eigenvalue weighted by Gasteiger charge is 2.52. The Balaban J connectivity index is 1.32. The first-order valence-corrected chi connectivity index (χ1v) is 13.1. The lowest BCUT2D eigenvalue weighted by Gasteiger charge is -2.37. The molecule has 1 saturated carbocycles. The highest BCUT2D eigenvalue weighted by molar-refractivity contribution is 6.02. The van der Waals surface area contributed by atoms with Gasteiger partial charge < -0.3 is 25.3 Å². The first-order chi connectivity index (χ1) is 17.6. The minimum Gasteiger partial charge on any atom is -0.496 e. The van der Waals surface area contributed by atoms with E-state index in [2.05, 4.69) is 21.7 Å². The fourth-order valence-corrected chi connectivity index (χ4v) is 6.20. The zero-order valence-electron chi connectivity index (χ0n) is 21.7. The number of methoxy groups -OCH3 is 1. The van der Waals surface area contributed by atoms with Gasteiger partial charge in [0.2, 0.25) is 11.8 Å². The van der Waals surface area contributed by atoms with Gasteiger partial charge in [-0.1, -0.05) is 12.5 Å². The molecule has 5 rings (SSSR count). The zero-order valence-corrected chi connectivity index (χ0v) is 21.7. The van der Waals surface area contributed by atoms with Gasteiger partial charge in [0.25, 0.3) is 5.91 Å². The predicted molar refractivity (Wildman–Crippen MR) is 138 cm³/mol. The molecule has 3 atom stereocenters. The summed E-state index contributed by atoms with van der Waals surface area (Å²) < 4.78 is 5.43. The summed E-state index contributed by atoms with van der Waals surface area (Å²) in [5.74, 6) is -0.283. The summed E-state index contributed by atoms with van der Waals surface area (Å²) >= 11 is 0. The number of nitrogens with zero attached hydrogens (tertiary/aromatic N) is 2. The summed E-state index contributed by atoms with van der Waals surface area (Å²) in [6.07, 6.45) is 5.41. The van der Waals surface area contributed by atoms with Crippen molar-refractivity contribution >= 4 is 28.6 Å². The molecule has 196 valence electrons. The molecule has 0 bridgehead atoms. The average Bonchev–Trinajstić information content (AvgIpc) is 3.47. The van der Waals surface area contributed by atoms with E-state index in [1.807, 2.05) is 32.0 Å². The summed E-state index contributed by atoms with van der Waals surface area (Å²) in [6, 6.07) is 8.08. The van der Waals surface area contributed by atoms with Crippen molar-refractivity contribution in [1.29, 1.82) is 5.26 Å². The third-order valence-electron chi connectivity index (χ3n) is 8.50. The van der Waals surface area contributed by atoms with E-state index in [0.717, 1.165) is 36.6 Å². The van der Waals surface area contributed by atoms with Crippen LogP contribution in [0.15, 0.2) is 24.3 Å². The highest BCUT2D eigenvalue weighted by atomic mass is 16.5. The summed E-state index contributed by atoms with van der Waals surface area (Å²) in [5, 5.41) is 16.5. The third-order valence-corrected chi connectivity index (χ3v) is 8.50. The van der Waals surface area contributed by atoms with Crippen molar-refractivity contribution in [3.05, 3.63) is 30.0 Å². The lowest BCUT2D eigenvalue weighted by molar-refractivity contribution is -0.130. The fourth-order valence-electron chi connectivity index (χ4n) is 6.20. The number of aromatic amines is 1. The smallest absolute Gasteiger partial charge is 0.271 e. The monoisotopic (exact) mass is 505 g/mol. The SMILES string of the molecule is COc1cccc2[nH]c(C(=O)N3CC4(CCC4)C[C@H]3C(=O)N[C@H](C#N)C[C@@H]3CCC(C)(C)NC3=O)cc12. The minimum atomic E-state index is -0.795. The molecule has 9 heteroatoms. The molecule has 1 aromatic carbocycles. The average molecular weight is 506 g/mol. The van der Waals surface area contributed by atoms with E-state index in [9.17, 15) is 19.6 Å². The number of hydrogen-bond acceptors (Lipinski definition) is 5. The van der Waals surface area contributed by atoms with Crippen LogP contribution in [-0.4, -0.2) is 58.9 Å². The van der Waals surface area contributed by atoms with Gasteiger partial charge in [0.15, 0.2) is 0 Å². The normalized spacial score (nSPS) is 24.7.